The molecule has 2 aromatic rings. The highest BCUT2D eigenvalue weighted by Gasteiger charge is 2.22. The van der Waals surface area contributed by atoms with E-state index >= 15 is 0 Å². The second kappa shape index (κ2) is 9.71. The van der Waals surface area contributed by atoms with Crippen molar-refractivity contribution in [3.8, 4) is 0 Å². The second-order valence-corrected chi connectivity index (χ2v) is 11.3. The molecular weight excluding hydrogens is 416 g/mol. The van der Waals surface area contributed by atoms with Crippen LogP contribution in [-0.2, 0) is 14.8 Å². The molecule has 0 saturated carbocycles. The Hall–Kier alpha value is -1.65. The first-order valence-electron chi connectivity index (χ1n) is 8.90. The number of nitrogens with zero attached hydrogens (tertiary/aromatic N) is 3. The lowest BCUT2D eigenvalue weighted by molar-refractivity contribution is -0.114. The molecule has 0 spiro atoms. The van der Waals surface area contributed by atoms with Crippen LogP contribution in [0.4, 0.5) is 10.8 Å². The van der Waals surface area contributed by atoms with E-state index in [0.29, 0.717) is 22.7 Å². The molecular formula is C18H26N4O3S3. The van der Waals surface area contributed by atoms with Gasteiger partial charge in [0.2, 0.25) is 21.1 Å². The summed E-state index contributed by atoms with van der Waals surface area (Å²) in [6, 6.07) is 7.18. The van der Waals surface area contributed by atoms with Crippen molar-refractivity contribution in [2.75, 3.05) is 28.2 Å². The molecule has 0 atom stereocenters. The van der Waals surface area contributed by atoms with Crippen molar-refractivity contribution < 1.29 is 13.2 Å². The normalized spacial score (nSPS) is 11.8. The molecule has 0 aliphatic rings. The summed E-state index contributed by atoms with van der Waals surface area (Å²) in [7, 11) is -3.62. The lowest BCUT2D eigenvalue weighted by Crippen LogP contribution is -2.37. The molecule has 1 aromatic carbocycles. The van der Waals surface area contributed by atoms with Crippen LogP contribution in [0.2, 0.25) is 0 Å². The van der Waals surface area contributed by atoms with E-state index in [-0.39, 0.29) is 6.54 Å². The molecule has 0 aliphatic heterocycles. The fraction of sp³-hybridized carbons (Fsp3) is 0.500. The van der Waals surface area contributed by atoms with E-state index in [1.165, 1.54) is 11.3 Å². The number of sulfonamides is 1. The molecule has 0 bridgehead atoms. The van der Waals surface area contributed by atoms with Crippen molar-refractivity contribution in [2.24, 2.45) is 5.92 Å². The van der Waals surface area contributed by atoms with E-state index in [9.17, 15) is 13.2 Å². The molecule has 7 nitrogen and oxygen atoms in total. The Labute approximate surface area is 175 Å². The van der Waals surface area contributed by atoms with Gasteiger partial charge in [-0.25, -0.2) is 8.42 Å². The quantitative estimate of drug-likeness (QED) is 0.469. The van der Waals surface area contributed by atoms with Gasteiger partial charge in [0.15, 0.2) is 4.34 Å². The first-order valence-corrected chi connectivity index (χ1v) is 12.5. The van der Waals surface area contributed by atoms with Crippen LogP contribution >= 0.6 is 23.1 Å². The number of carbonyl (C=O) groups is 1. The zero-order valence-corrected chi connectivity index (χ0v) is 19.1. The molecule has 1 N–H and O–H groups in total. The fourth-order valence-corrected chi connectivity index (χ4v) is 4.87. The Morgan fingerprint density at radius 2 is 1.82 bits per heavy atom. The maximum atomic E-state index is 12.4. The Balaban J connectivity index is 2.07. The van der Waals surface area contributed by atoms with Crippen molar-refractivity contribution in [1.82, 2.24) is 10.2 Å². The van der Waals surface area contributed by atoms with E-state index in [0.717, 1.165) is 26.2 Å². The Bertz CT molecular complexity index is 893. The van der Waals surface area contributed by atoms with E-state index < -0.39 is 15.9 Å². The molecule has 1 aromatic heterocycles. The largest absolute Gasteiger partial charge is 0.299 e. The van der Waals surface area contributed by atoms with Gasteiger partial charge in [0.25, 0.3) is 0 Å². The van der Waals surface area contributed by atoms with Crippen molar-refractivity contribution >= 4 is 49.8 Å². The average Bonchev–Trinajstić information content (AvgIpc) is 3.04. The predicted octanol–water partition coefficient (Wildman–Crippen LogP) is 3.81. The molecule has 1 amide bonds. The molecule has 0 radical (unpaired) electrons. The van der Waals surface area contributed by atoms with Gasteiger partial charge >= 0.3 is 0 Å². The van der Waals surface area contributed by atoms with Crippen LogP contribution in [0.5, 0.6) is 0 Å². The van der Waals surface area contributed by atoms with Crippen LogP contribution in [-0.4, -0.2) is 43.1 Å². The van der Waals surface area contributed by atoms with Crippen LogP contribution in [0.25, 0.3) is 0 Å². The number of benzene rings is 1. The monoisotopic (exact) mass is 442 g/mol. The molecule has 0 saturated heterocycles. The first-order chi connectivity index (χ1) is 13.1. The van der Waals surface area contributed by atoms with Gasteiger partial charge in [-0.1, -0.05) is 62.9 Å². The predicted molar refractivity (Wildman–Crippen MR) is 117 cm³/mol. The second-order valence-electron chi connectivity index (χ2n) is 7.14. The molecule has 0 unspecified atom stereocenters. The number of carbonyl (C=O) groups excluding carboxylic acids is 1. The third-order valence-electron chi connectivity index (χ3n) is 3.73. The Morgan fingerprint density at radius 3 is 2.36 bits per heavy atom. The van der Waals surface area contributed by atoms with Gasteiger partial charge in [-0.3, -0.25) is 14.4 Å². The van der Waals surface area contributed by atoms with Crippen molar-refractivity contribution in [2.45, 2.75) is 38.0 Å². The lowest BCUT2D eigenvalue weighted by atomic mass is 10.0. The third-order valence-corrected chi connectivity index (χ3v) is 7.27. The van der Waals surface area contributed by atoms with Crippen LogP contribution in [0.3, 0.4) is 0 Å². The molecule has 10 heteroatoms. The summed E-state index contributed by atoms with van der Waals surface area (Å²) in [5, 5.41) is 11.0. The number of hydrogen-bond donors (Lipinski definition) is 1. The zero-order chi connectivity index (χ0) is 20.9. The molecule has 2 rings (SSSR count). The van der Waals surface area contributed by atoms with Crippen LogP contribution in [0.15, 0.2) is 28.6 Å². The topological polar surface area (TPSA) is 92.3 Å². The van der Waals surface area contributed by atoms with E-state index in [4.69, 9.17) is 0 Å². The van der Waals surface area contributed by atoms with Crippen LogP contribution in [0.1, 0.15) is 39.2 Å². The highest BCUT2D eigenvalue weighted by Crippen LogP contribution is 2.27. The average molecular weight is 443 g/mol. The maximum absolute atomic E-state index is 12.4. The fourth-order valence-electron chi connectivity index (χ4n) is 2.27. The summed E-state index contributed by atoms with van der Waals surface area (Å²) in [6.45, 7) is 8.03. The zero-order valence-electron chi connectivity index (χ0n) is 16.7. The summed E-state index contributed by atoms with van der Waals surface area (Å²) < 4.78 is 26.3. The van der Waals surface area contributed by atoms with E-state index in [1.54, 1.807) is 23.9 Å². The van der Waals surface area contributed by atoms with Crippen molar-refractivity contribution in [3.05, 3.63) is 29.8 Å². The standard InChI is InChI=1S/C18H26N4O3S3/c1-12(2)11-26-18-21-20-17(27-18)19-16(23)10-22(28(5,24)25)15-8-6-14(7-9-15)13(3)4/h6-9,12-13H,10-11H2,1-5H3,(H,19,20,23). The summed E-state index contributed by atoms with van der Waals surface area (Å²) in [6.07, 6.45) is 1.09. The molecule has 28 heavy (non-hydrogen) atoms. The number of nitrogens with one attached hydrogen (secondary N) is 1. The minimum atomic E-state index is -3.62. The SMILES string of the molecule is CC(C)CSc1nnc(NC(=O)CN(c2ccc(C(C)C)cc2)S(C)(=O)=O)s1. The lowest BCUT2D eigenvalue weighted by Gasteiger charge is -2.22. The number of thioether (sulfide) groups is 1. The third kappa shape index (κ3) is 6.75. The van der Waals surface area contributed by atoms with Crippen LogP contribution < -0.4 is 9.62 Å². The van der Waals surface area contributed by atoms with Gasteiger partial charge in [-0.2, -0.15) is 0 Å². The number of aromatic nitrogens is 2. The van der Waals surface area contributed by atoms with Crippen molar-refractivity contribution in [3.63, 3.8) is 0 Å². The van der Waals surface area contributed by atoms with Crippen molar-refractivity contribution in [1.29, 1.82) is 0 Å². The number of hydrogen-bond acceptors (Lipinski definition) is 7. The molecule has 0 aliphatic carbocycles. The first kappa shape index (κ1) is 22.6. The highest BCUT2D eigenvalue weighted by molar-refractivity contribution is 8.01. The van der Waals surface area contributed by atoms with Gasteiger partial charge in [0.05, 0.1) is 11.9 Å². The summed E-state index contributed by atoms with van der Waals surface area (Å²) in [4.78, 5) is 12.4. The number of anilines is 2. The van der Waals surface area contributed by atoms with Crippen LogP contribution in [0, 0.1) is 5.92 Å². The van der Waals surface area contributed by atoms with E-state index in [1.807, 2.05) is 12.1 Å². The van der Waals surface area contributed by atoms with Gasteiger partial charge < -0.3 is 0 Å². The summed E-state index contributed by atoms with van der Waals surface area (Å²) in [5.41, 5.74) is 1.55. The van der Waals surface area contributed by atoms with Gasteiger partial charge in [-0.05, 0) is 29.5 Å². The van der Waals surface area contributed by atoms with Gasteiger partial charge in [-0.15, -0.1) is 10.2 Å². The molecule has 0 fully saturated rings. The number of rotatable bonds is 9. The van der Waals surface area contributed by atoms with Gasteiger partial charge in [0.1, 0.15) is 6.54 Å². The summed E-state index contributed by atoms with van der Waals surface area (Å²) >= 11 is 2.86. The Morgan fingerprint density at radius 1 is 1.18 bits per heavy atom. The minimum Gasteiger partial charge on any atom is -0.299 e. The Kier molecular flexibility index (Phi) is 7.85. The van der Waals surface area contributed by atoms with E-state index in [2.05, 4.69) is 43.2 Å². The smallest absolute Gasteiger partial charge is 0.246 e. The highest BCUT2D eigenvalue weighted by atomic mass is 32.2. The molecule has 1 heterocycles. The molecule has 154 valence electrons. The van der Waals surface area contributed by atoms with Gasteiger partial charge in [0, 0.05) is 5.75 Å². The maximum Gasteiger partial charge on any atom is 0.246 e. The number of amides is 1. The minimum absolute atomic E-state index is 0.325. The summed E-state index contributed by atoms with van der Waals surface area (Å²) in [5.74, 6) is 1.31.